The Kier molecular flexibility index (Phi) is 3.64. The highest BCUT2D eigenvalue weighted by Crippen LogP contribution is 2.25. The average Bonchev–Trinajstić information content (AvgIpc) is 2.48. The number of benzene rings is 2. The van der Waals surface area contributed by atoms with E-state index in [4.69, 9.17) is 5.21 Å². The predicted octanol–water partition coefficient (Wildman–Crippen LogP) is 4.07. The van der Waals surface area contributed by atoms with Crippen LogP contribution in [0, 0.1) is 0 Å². The SMILES string of the molecule is O/N=C/C1=Cc2cc(Cc3ccccc3)ccc2CC1. The minimum atomic E-state index is 0.940. The lowest BCUT2D eigenvalue weighted by Gasteiger charge is -2.15. The summed E-state index contributed by atoms with van der Waals surface area (Å²) in [4.78, 5) is 0. The molecule has 2 nitrogen and oxygen atoms in total. The first-order valence-electron chi connectivity index (χ1n) is 6.89. The Bertz CT molecular complexity index is 656. The van der Waals surface area contributed by atoms with Gasteiger partial charge in [0.05, 0.1) is 6.21 Å². The van der Waals surface area contributed by atoms with E-state index < -0.39 is 0 Å². The molecule has 0 spiro atoms. The fourth-order valence-corrected chi connectivity index (χ4v) is 2.67. The molecule has 1 aliphatic rings. The van der Waals surface area contributed by atoms with Gasteiger partial charge in [-0.2, -0.15) is 0 Å². The summed E-state index contributed by atoms with van der Waals surface area (Å²) in [7, 11) is 0. The van der Waals surface area contributed by atoms with Crippen molar-refractivity contribution >= 4 is 12.3 Å². The highest BCUT2D eigenvalue weighted by molar-refractivity contribution is 5.86. The topological polar surface area (TPSA) is 32.6 Å². The molecule has 0 aromatic heterocycles. The summed E-state index contributed by atoms with van der Waals surface area (Å²) in [6, 6.07) is 17.2. The molecule has 1 N–H and O–H groups in total. The zero-order valence-electron chi connectivity index (χ0n) is 11.3. The number of hydrogen-bond acceptors (Lipinski definition) is 2. The average molecular weight is 263 g/mol. The molecule has 0 saturated carbocycles. The van der Waals surface area contributed by atoms with Gasteiger partial charge in [-0.1, -0.05) is 53.7 Å². The van der Waals surface area contributed by atoms with Crippen molar-refractivity contribution in [3.63, 3.8) is 0 Å². The molecular formula is C18H17NO. The number of allylic oxidation sites excluding steroid dienone is 1. The monoisotopic (exact) mass is 263 g/mol. The van der Waals surface area contributed by atoms with Gasteiger partial charge in [0.2, 0.25) is 0 Å². The van der Waals surface area contributed by atoms with Crippen LogP contribution in [-0.4, -0.2) is 11.4 Å². The van der Waals surface area contributed by atoms with E-state index in [0.717, 1.165) is 24.8 Å². The Morgan fingerprint density at radius 3 is 2.65 bits per heavy atom. The van der Waals surface area contributed by atoms with Gasteiger partial charge < -0.3 is 5.21 Å². The van der Waals surface area contributed by atoms with Crippen LogP contribution >= 0.6 is 0 Å². The van der Waals surface area contributed by atoms with Gasteiger partial charge in [0, 0.05) is 0 Å². The van der Waals surface area contributed by atoms with Gasteiger partial charge >= 0.3 is 0 Å². The number of nitrogens with zero attached hydrogens (tertiary/aromatic N) is 1. The van der Waals surface area contributed by atoms with Crippen LogP contribution in [0.4, 0.5) is 0 Å². The second kappa shape index (κ2) is 5.74. The maximum absolute atomic E-state index is 8.64. The van der Waals surface area contributed by atoms with Crippen LogP contribution in [-0.2, 0) is 12.8 Å². The van der Waals surface area contributed by atoms with E-state index >= 15 is 0 Å². The molecule has 0 unspecified atom stereocenters. The Hall–Kier alpha value is -2.35. The third kappa shape index (κ3) is 2.80. The largest absolute Gasteiger partial charge is 0.411 e. The highest BCUT2D eigenvalue weighted by Gasteiger charge is 2.10. The third-order valence-corrected chi connectivity index (χ3v) is 3.71. The van der Waals surface area contributed by atoms with Crippen LogP contribution in [0.3, 0.4) is 0 Å². The fraction of sp³-hybridized carbons (Fsp3) is 0.167. The van der Waals surface area contributed by atoms with E-state index in [0.29, 0.717) is 0 Å². The molecule has 2 aromatic carbocycles. The van der Waals surface area contributed by atoms with Gasteiger partial charge in [-0.15, -0.1) is 0 Å². The second-order valence-corrected chi connectivity index (χ2v) is 5.16. The molecule has 0 radical (unpaired) electrons. The van der Waals surface area contributed by atoms with E-state index in [1.165, 1.54) is 28.5 Å². The maximum Gasteiger partial charge on any atom is 0.0693 e. The Morgan fingerprint density at radius 1 is 1.00 bits per heavy atom. The van der Waals surface area contributed by atoms with Crippen molar-refractivity contribution in [2.24, 2.45) is 5.16 Å². The predicted molar refractivity (Wildman–Crippen MR) is 82.3 cm³/mol. The molecule has 0 bridgehead atoms. The Balaban J connectivity index is 1.88. The van der Waals surface area contributed by atoms with Crippen molar-refractivity contribution in [2.45, 2.75) is 19.3 Å². The number of hydrogen-bond donors (Lipinski definition) is 1. The van der Waals surface area contributed by atoms with Crippen molar-refractivity contribution in [3.8, 4) is 0 Å². The first-order valence-corrected chi connectivity index (χ1v) is 6.89. The quantitative estimate of drug-likeness (QED) is 0.505. The number of aryl methyl sites for hydroxylation is 1. The second-order valence-electron chi connectivity index (χ2n) is 5.16. The summed E-state index contributed by atoms with van der Waals surface area (Å²) in [6.07, 6.45) is 6.55. The van der Waals surface area contributed by atoms with E-state index in [1.807, 2.05) is 6.07 Å². The molecule has 100 valence electrons. The van der Waals surface area contributed by atoms with Gasteiger partial charge in [-0.25, -0.2) is 0 Å². The lowest BCUT2D eigenvalue weighted by Crippen LogP contribution is -2.01. The molecule has 2 aromatic rings. The first kappa shape index (κ1) is 12.7. The van der Waals surface area contributed by atoms with Crippen LogP contribution in [0.5, 0.6) is 0 Å². The minimum absolute atomic E-state index is 0.940. The summed E-state index contributed by atoms with van der Waals surface area (Å²) >= 11 is 0. The molecule has 2 heteroatoms. The summed E-state index contributed by atoms with van der Waals surface area (Å²) in [5.41, 5.74) is 6.34. The number of fused-ring (bicyclic) bond motifs is 1. The molecule has 0 heterocycles. The lowest BCUT2D eigenvalue weighted by atomic mass is 9.90. The van der Waals surface area contributed by atoms with Crippen molar-refractivity contribution in [3.05, 3.63) is 76.4 Å². The van der Waals surface area contributed by atoms with Crippen LogP contribution in [0.2, 0.25) is 0 Å². The van der Waals surface area contributed by atoms with Gasteiger partial charge in [-0.3, -0.25) is 0 Å². The standard InChI is InChI=1S/C18H17NO/c20-19-13-16-7-9-17-8-6-15(11-18(17)12-16)10-14-4-2-1-3-5-14/h1-6,8,11-13,20H,7,9-10H2/b19-13+. The Morgan fingerprint density at radius 2 is 1.85 bits per heavy atom. The van der Waals surface area contributed by atoms with Gasteiger partial charge in [0.25, 0.3) is 0 Å². The fourth-order valence-electron chi connectivity index (χ4n) is 2.67. The van der Waals surface area contributed by atoms with E-state index in [9.17, 15) is 0 Å². The first-order chi connectivity index (χ1) is 9.85. The van der Waals surface area contributed by atoms with Gasteiger partial charge in [0.1, 0.15) is 0 Å². The van der Waals surface area contributed by atoms with E-state index in [-0.39, 0.29) is 0 Å². The van der Waals surface area contributed by atoms with E-state index in [2.05, 4.69) is 53.7 Å². The van der Waals surface area contributed by atoms with Crippen molar-refractivity contribution < 1.29 is 5.21 Å². The van der Waals surface area contributed by atoms with Crippen LogP contribution in [0.25, 0.3) is 6.08 Å². The minimum Gasteiger partial charge on any atom is -0.411 e. The summed E-state index contributed by atoms with van der Waals surface area (Å²) < 4.78 is 0. The van der Waals surface area contributed by atoms with Crippen LogP contribution < -0.4 is 0 Å². The highest BCUT2D eigenvalue weighted by atomic mass is 16.4. The van der Waals surface area contributed by atoms with Gasteiger partial charge in [-0.05, 0) is 53.2 Å². The lowest BCUT2D eigenvalue weighted by molar-refractivity contribution is 0.321. The van der Waals surface area contributed by atoms with Crippen molar-refractivity contribution in [1.29, 1.82) is 0 Å². The molecule has 3 rings (SSSR count). The zero-order valence-corrected chi connectivity index (χ0v) is 11.3. The molecule has 0 atom stereocenters. The molecule has 0 fully saturated rings. The third-order valence-electron chi connectivity index (χ3n) is 3.71. The molecule has 0 amide bonds. The zero-order chi connectivity index (χ0) is 13.8. The van der Waals surface area contributed by atoms with E-state index in [1.54, 1.807) is 0 Å². The van der Waals surface area contributed by atoms with Gasteiger partial charge in [0.15, 0.2) is 0 Å². The summed E-state index contributed by atoms with van der Waals surface area (Å²) in [5.74, 6) is 0. The maximum atomic E-state index is 8.64. The molecule has 0 saturated heterocycles. The Labute approximate surface area is 119 Å². The summed E-state index contributed by atoms with van der Waals surface area (Å²) in [6.45, 7) is 0. The molecule has 20 heavy (non-hydrogen) atoms. The molecular weight excluding hydrogens is 246 g/mol. The number of oxime groups is 1. The summed E-state index contributed by atoms with van der Waals surface area (Å²) in [5, 5.41) is 11.8. The van der Waals surface area contributed by atoms with Crippen molar-refractivity contribution in [2.75, 3.05) is 0 Å². The van der Waals surface area contributed by atoms with Crippen LogP contribution in [0.1, 0.15) is 28.7 Å². The van der Waals surface area contributed by atoms with Crippen molar-refractivity contribution in [1.82, 2.24) is 0 Å². The molecule has 0 aliphatic heterocycles. The smallest absolute Gasteiger partial charge is 0.0693 e. The molecule has 1 aliphatic carbocycles. The van der Waals surface area contributed by atoms with Crippen LogP contribution in [0.15, 0.2) is 59.3 Å². The number of rotatable bonds is 3. The normalized spacial score (nSPS) is 14.1.